The first-order chi connectivity index (χ1) is 5.91. The predicted octanol–water partition coefficient (Wildman–Crippen LogP) is 4.06. The van der Waals surface area contributed by atoms with Crippen LogP contribution in [-0.2, 0) is 0 Å². The number of hydrogen-bond acceptors (Lipinski definition) is 0. The summed E-state index contributed by atoms with van der Waals surface area (Å²) in [5.41, 5.74) is 0. The van der Waals surface area contributed by atoms with E-state index in [1.165, 1.54) is 6.08 Å². The number of hydrogen-bond donors (Lipinski definition) is 0. The Morgan fingerprint density at radius 2 is 1.77 bits per heavy atom. The van der Waals surface area contributed by atoms with Crippen molar-refractivity contribution in [2.24, 2.45) is 0 Å². The van der Waals surface area contributed by atoms with E-state index in [1.54, 1.807) is 0 Å². The van der Waals surface area contributed by atoms with E-state index < -0.39 is 24.3 Å². The molecule has 0 spiro atoms. The minimum absolute atomic E-state index is 0.0722. The minimum Gasteiger partial charge on any atom is -0.199 e. The van der Waals surface area contributed by atoms with E-state index in [0.717, 1.165) is 0 Å². The smallest absolute Gasteiger partial charge is 0.199 e. The van der Waals surface area contributed by atoms with Crippen molar-refractivity contribution in [2.75, 3.05) is 0 Å². The van der Waals surface area contributed by atoms with Gasteiger partial charge in [-0.1, -0.05) is 6.08 Å². The summed E-state index contributed by atoms with van der Waals surface area (Å²) in [6.45, 7) is 3.26. The van der Waals surface area contributed by atoms with Gasteiger partial charge in [-0.15, -0.1) is 6.58 Å². The fourth-order valence-corrected chi connectivity index (χ4v) is 0.716. The molecule has 5 heteroatoms. The van der Waals surface area contributed by atoms with Gasteiger partial charge in [-0.2, -0.15) is 22.0 Å². The molecule has 0 aliphatic heterocycles. The molecule has 0 aliphatic carbocycles. The van der Waals surface area contributed by atoms with Gasteiger partial charge in [0.2, 0.25) is 5.83 Å². The molecule has 0 aromatic carbocycles. The second-order valence-electron chi connectivity index (χ2n) is 2.46. The first kappa shape index (κ1) is 12.1. The molecule has 0 aliphatic rings. The molecule has 0 heterocycles. The molecule has 0 aromatic heterocycles. The van der Waals surface area contributed by atoms with Gasteiger partial charge < -0.3 is 0 Å². The van der Waals surface area contributed by atoms with Crippen molar-refractivity contribution in [1.82, 2.24) is 0 Å². The van der Waals surface area contributed by atoms with Crippen LogP contribution in [0.5, 0.6) is 0 Å². The lowest BCUT2D eigenvalue weighted by Crippen LogP contribution is -2.17. The van der Waals surface area contributed by atoms with Crippen LogP contribution < -0.4 is 0 Å². The maximum Gasteiger partial charge on any atom is 0.307 e. The zero-order valence-corrected chi connectivity index (χ0v) is 6.80. The van der Waals surface area contributed by atoms with Crippen molar-refractivity contribution in [3.8, 4) is 0 Å². The molecule has 0 fully saturated rings. The van der Waals surface area contributed by atoms with Crippen LogP contribution in [0.15, 0.2) is 24.6 Å². The lowest BCUT2D eigenvalue weighted by molar-refractivity contribution is 0.000891. The lowest BCUT2D eigenvalue weighted by atomic mass is 10.1. The number of unbranched alkanes of at least 4 members (excludes halogenated alkanes) is 1. The van der Waals surface area contributed by atoms with Crippen LogP contribution in [0, 0.1) is 0 Å². The zero-order chi connectivity index (χ0) is 10.5. The average molecular weight is 200 g/mol. The predicted molar refractivity (Wildman–Crippen MR) is 39.3 cm³/mol. The van der Waals surface area contributed by atoms with Crippen molar-refractivity contribution >= 4 is 0 Å². The Labute approximate surface area is 72.7 Å². The molecule has 13 heavy (non-hydrogen) atoms. The molecule has 76 valence electrons. The Hall–Kier alpha value is -0.870. The molecule has 0 atom stereocenters. The molecule has 0 aromatic rings. The lowest BCUT2D eigenvalue weighted by Gasteiger charge is -2.12. The van der Waals surface area contributed by atoms with Crippen molar-refractivity contribution in [1.29, 1.82) is 0 Å². The third kappa shape index (κ3) is 4.05. The van der Waals surface area contributed by atoms with E-state index >= 15 is 0 Å². The second-order valence-corrected chi connectivity index (χ2v) is 2.46. The van der Waals surface area contributed by atoms with E-state index in [2.05, 4.69) is 6.58 Å². The molecule has 0 N–H and O–H groups in total. The molecule has 0 radical (unpaired) electrons. The van der Waals surface area contributed by atoms with Crippen molar-refractivity contribution in [2.45, 2.75) is 25.2 Å². The van der Waals surface area contributed by atoms with Gasteiger partial charge in [0.1, 0.15) is 0 Å². The second kappa shape index (κ2) is 4.99. The molecule has 0 saturated heterocycles. The highest BCUT2D eigenvalue weighted by Crippen LogP contribution is 2.33. The Bertz CT molecular complexity index is 203. The maximum absolute atomic E-state index is 12.4. The van der Waals surface area contributed by atoms with Gasteiger partial charge in [0.05, 0.1) is 0 Å². The van der Waals surface area contributed by atoms with Gasteiger partial charge in [0, 0.05) is 6.42 Å². The van der Waals surface area contributed by atoms with Crippen LogP contribution in [0.1, 0.15) is 19.3 Å². The van der Waals surface area contributed by atoms with Gasteiger partial charge in [0.25, 0.3) is 0 Å². The number of rotatable bonds is 5. The van der Waals surface area contributed by atoms with Crippen LogP contribution in [0.2, 0.25) is 0 Å². The van der Waals surface area contributed by atoms with Crippen LogP contribution in [0.4, 0.5) is 22.0 Å². The Kier molecular flexibility index (Phi) is 4.66. The highest BCUT2D eigenvalue weighted by molar-refractivity contribution is 5.04. The highest BCUT2D eigenvalue weighted by Gasteiger charge is 2.37. The number of alkyl halides is 2. The summed E-state index contributed by atoms with van der Waals surface area (Å²) in [5.74, 6) is -6.68. The molecule has 0 unspecified atom stereocenters. The molecule has 0 bridgehead atoms. The SMILES string of the molecule is C=CCCCC(F)(F)C(F)=C(F)F. The normalized spacial score (nSPS) is 11.2. The van der Waals surface area contributed by atoms with Crippen LogP contribution in [0.3, 0.4) is 0 Å². The topological polar surface area (TPSA) is 0 Å². The molecule has 0 rings (SSSR count). The van der Waals surface area contributed by atoms with Crippen molar-refractivity contribution in [3.63, 3.8) is 0 Å². The highest BCUT2D eigenvalue weighted by atomic mass is 19.3. The van der Waals surface area contributed by atoms with E-state index in [4.69, 9.17) is 0 Å². The van der Waals surface area contributed by atoms with Crippen molar-refractivity contribution in [3.05, 3.63) is 24.6 Å². The Morgan fingerprint density at radius 3 is 2.15 bits per heavy atom. The Morgan fingerprint density at radius 1 is 1.23 bits per heavy atom. The van der Waals surface area contributed by atoms with E-state index in [9.17, 15) is 22.0 Å². The standard InChI is InChI=1S/C8H9F5/c1-2-3-4-5-8(12,13)6(9)7(10)11/h2H,1,3-5H2. The third-order valence-corrected chi connectivity index (χ3v) is 1.39. The molecular weight excluding hydrogens is 191 g/mol. The first-order valence-corrected chi connectivity index (χ1v) is 3.61. The molecular formula is C8H9F5. The summed E-state index contributed by atoms with van der Waals surface area (Å²) in [7, 11) is 0. The number of allylic oxidation sites excluding steroid dienone is 2. The maximum atomic E-state index is 12.4. The van der Waals surface area contributed by atoms with Crippen LogP contribution in [-0.4, -0.2) is 5.92 Å². The average Bonchev–Trinajstić information content (AvgIpc) is 2.03. The van der Waals surface area contributed by atoms with Gasteiger partial charge in [-0.3, -0.25) is 0 Å². The van der Waals surface area contributed by atoms with Crippen molar-refractivity contribution < 1.29 is 22.0 Å². The quantitative estimate of drug-likeness (QED) is 0.356. The summed E-state index contributed by atoms with van der Waals surface area (Å²) < 4.78 is 59.8. The summed E-state index contributed by atoms with van der Waals surface area (Å²) in [6.07, 6.45) is -2.34. The summed E-state index contributed by atoms with van der Waals surface area (Å²) in [5, 5.41) is 0. The van der Waals surface area contributed by atoms with Gasteiger partial charge in [-0.25, -0.2) is 0 Å². The molecule has 0 saturated carbocycles. The van der Waals surface area contributed by atoms with Gasteiger partial charge >= 0.3 is 12.0 Å². The Balaban J connectivity index is 4.23. The summed E-state index contributed by atoms with van der Waals surface area (Å²) in [4.78, 5) is 0. The minimum atomic E-state index is -4.05. The molecule has 0 nitrogen and oxygen atoms in total. The van der Waals surface area contributed by atoms with Crippen LogP contribution >= 0.6 is 0 Å². The molecule has 0 amide bonds. The largest absolute Gasteiger partial charge is 0.307 e. The zero-order valence-electron chi connectivity index (χ0n) is 6.80. The first-order valence-electron chi connectivity index (χ1n) is 3.61. The fraction of sp³-hybridized carbons (Fsp3) is 0.500. The monoisotopic (exact) mass is 200 g/mol. The van der Waals surface area contributed by atoms with E-state index in [0.29, 0.717) is 0 Å². The summed E-state index contributed by atoms with van der Waals surface area (Å²) in [6, 6.07) is 0. The third-order valence-electron chi connectivity index (χ3n) is 1.39. The van der Waals surface area contributed by atoms with Gasteiger partial charge in [0.15, 0.2) is 0 Å². The van der Waals surface area contributed by atoms with E-state index in [1.807, 2.05) is 0 Å². The van der Waals surface area contributed by atoms with Crippen LogP contribution in [0.25, 0.3) is 0 Å². The van der Waals surface area contributed by atoms with Gasteiger partial charge in [-0.05, 0) is 12.8 Å². The summed E-state index contributed by atoms with van der Waals surface area (Å²) >= 11 is 0. The number of halogens is 5. The fourth-order valence-electron chi connectivity index (χ4n) is 0.716. The van der Waals surface area contributed by atoms with E-state index in [-0.39, 0.29) is 12.8 Å².